The number of ether oxygens (including phenoxy) is 1. The number of hydrogen-bond acceptors (Lipinski definition) is 3. The molecule has 0 bridgehead atoms. The van der Waals surface area contributed by atoms with Crippen molar-refractivity contribution < 1.29 is 4.74 Å². The van der Waals surface area contributed by atoms with E-state index in [9.17, 15) is 0 Å². The van der Waals surface area contributed by atoms with E-state index in [-0.39, 0.29) is 5.54 Å². The number of rotatable bonds is 5. The highest BCUT2D eigenvalue weighted by atomic mass is 79.9. The number of nitrogens with one attached hydrogen (secondary N) is 1. The average molecular weight is 388 g/mol. The van der Waals surface area contributed by atoms with Crippen molar-refractivity contribution in [2.75, 3.05) is 17.3 Å². The summed E-state index contributed by atoms with van der Waals surface area (Å²) in [4.78, 5) is 4.39. The summed E-state index contributed by atoms with van der Waals surface area (Å²) in [5.41, 5.74) is 1.69. The van der Waals surface area contributed by atoms with Crippen LogP contribution in [0.5, 0.6) is 0 Å². The topological polar surface area (TPSA) is 34.1 Å². The molecule has 1 aliphatic rings. The lowest BCUT2D eigenvalue weighted by atomic mass is 9.99. The van der Waals surface area contributed by atoms with Gasteiger partial charge in [0, 0.05) is 22.9 Å². The Kier molecular flexibility index (Phi) is 5.05. The van der Waals surface area contributed by atoms with Gasteiger partial charge in [0.1, 0.15) is 5.76 Å². The normalized spacial score (nSPS) is 17.2. The predicted octanol–water partition coefficient (Wildman–Crippen LogP) is 3.47. The molecule has 0 radical (unpaired) electrons. The summed E-state index contributed by atoms with van der Waals surface area (Å²) >= 11 is 7.13. The number of nitrogens with zero attached hydrogens (tertiary/aromatic N) is 1. The van der Waals surface area contributed by atoms with Crippen molar-refractivity contribution >= 4 is 37.6 Å². The second kappa shape index (κ2) is 6.57. The van der Waals surface area contributed by atoms with Crippen LogP contribution in [0.2, 0.25) is 0 Å². The van der Waals surface area contributed by atoms with Crippen LogP contribution in [0.4, 0.5) is 0 Å². The zero-order valence-electron chi connectivity index (χ0n) is 10.7. The van der Waals surface area contributed by atoms with E-state index in [1.807, 2.05) is 31.2 Å². The number of halogens is 2. The van der Waals surface area contributed by atoms with Gasteiger partial charge in [0.25, 0.3) is 0 Å². The van der Waals surface area contributed by atoms with Crippen molar-refractivity contribution in [2.45, 2.75) is 12.5 Å². The van der Waals surface area contributed by atoms with Gasteiger partial charge in [0.2, 0.25) is 0 Å². The van der Waals surface area contributed by atoms with Gasteiger partial charge in [-0.1, -0.05) is 37.9 Å². The summed E-state index contributed by atoms with van der Waals surface area (Å²) in [5.74, 6) is 0.876. The molecule has 1 N–H and O–H groups in total. The minimum atomic E-state index is -0.202. The highest BCUT2D eigenvalue weighted by Gasteiger charge is 2.30. The Morgan fingerprint density at radius 1 is 1.32 bits per heavy atom. The van der Waals surface area contributed by atoms with Gasteiger partial charge in [0.05, 0.1) is 23.5 Å². The molecule has 0 amide bonds. The minimum absolute atomic E-state index is 0.202. The summed E-state index contributed by atoms with van der Waals surface area (Å²) in [7, 11) is 0. The molecule has 0 saturated carbocycles. The molecule has 3 nitrogen and oxygen atoms in total. The summed E-state index contributed by atoms with van der Waals surface area (Å²) < 4.78 is 5.67. The number of allylic oxidation sites excluding steroid dienone is 1. The first-order valence-electron chi connectivity index (χ1n) is 6.12. The molecule has 0 atom stereocenters. The predicted molar refractivity (Wildman–Crippen MR) is 85.4 cm³/mol. The van der Waals surface area contributed by atoms with E-state index in [4.69, 9.17) is 4.74 Å². The molecule has 0 aromatic carbocycles. The number of alkyl halides is 2. The van der Waals surface area contributed by atoms with E-state index in [0.29, 0.717) is 6.61 Å². The molecule has 1 aromatic heterocycles. The molecule has 2 rings (SSSR count). The molecule has 0 spiro atoms. The molecule has 102 valence electrons. The molecular weight excluding hydrogens is 372 g/mol. The Morgan fingerprint density at radius 2 is 2.11 bits per heavy atom. The first kappa shape index (κ1) is 14.6. The molecule has 0 saturated heterocycles. The van der Waals surface area contributed by atoms with Crippen molar-refractivity contribution in [1.29, 1.82) is 0 Å². The summed E-state index contributed by atoms with van der Waals surface area (Å²) in [6, 6.07) is 5.88. The van der Waals surface area contributed by atoms with Gasteiger partial charge in [-0.3, -0.25) is 4.98 Å². The summed E-state index contributed by atoms with van der Waals surface area (Å²) in [6.45, 7) is 2.64. The van der Waals surface area contributed by atoms with Crippen molar-refractivity contribution in [3.05, 3.63) is 48.0 Å². The summed E-state index contributed by atoms with van der Waals surface area (Å²) in [6.07, 6.45) is 5.89. The highest BCUT2D eigenvalue weighted by Crippen LogP contribution is 2.27. The first-order chi connectivity index (χ1) is 9.23. The number of aromatic nitrogens is 1. The Bertz CT molecular complexity index is 481. The smallest absolute Gasteiger partial charge is 0.119 e. The van der Waals surface area contributed by atoms with E-state index in [1.54, 1.807) is 6.20 Å². The second-order valence-corrected chi connectivity index (χ2v) is 5.42. The highest BCUT2D eigenvalue weighted by molar-refractivity contribution is 9.09. The van der Waals surface area contributed by atoms with E-state index >= 15 is 0 Å². The number of dihydropyridines is 1. The lowest BCUT2D eigenvalue weighted by Crippen LogP contribution is -2.47. The maximum atomic E-state index is 5.67. The van der Waals surface area contributed by atoms with E-state index in [2.05, 4.69) is 48.2 Å². The summed E-state index contributed by atoms with van der Waals surface area (Å²) in [5, 5.41) is 5.09. The third-order valence-corrected chi connectivity index (χ3v) is 4.82. The van der Waals surface area contributed by atoms with Gasteiger partial charge in [-0.25, -0.2) is 0 Å². The second-order valence-electron chi connectivity index (χ2n) is 4.30. The zero-order chi connectivity index (χ0) is 13.7. The quantitative estimate of drug-likeness (QED) is 0.785. The Balaban J connectivity index is 2.37. The largest absolute Gasteiger partial charge is 0.494 e. The van der Waals surface area contributed by atoms with Gasteiger partial charge < -0.3 is 10.1 Å². The van der Waals surface area contributed by atoms with Crippen LogP contribution in [0, 0.1) is 0 Å². The maximum absolute atomic E-state index is 5.67. The zero-order valence-corrected chi connectivity index (χ0v) is 13.9. The van der Waals surface area contributed by atoms with Crippen LogP contribution in [-0.4, -0.2) is 27.8 Å². The lowest BCUT2D eigenvalue weighted by Gasteiger charge is -2.34. The first-order valence-corrected chi connectivity index (χ1v) is 8.36. The molecule has 0 aliphatic carbocycles. The molecular formula is C14H16Br2N2O. The van der Waals surface area contributed by atoms with E-state index < -0.39 is 0 Å². The molecule has 19 heavy (non-hydrogen) atoms. The number of hydrogen-bond donors (Lipinski definition) is 1. The van der Waals surface area contributed by atoms with Crippen LogP contribution in [0.3, 0.4) is 0 Å². The monoisotopic (exact) mass is 386 g/mol. The van der Waals surface area contributed by atoms with Crippen LogP contribution in [0.1, 0.15) is 12.6 Å². The third-order valence-electron chi connectivity index (χ3n) is 2.82. The van der Waals surface area contributed by atoms with E-state index in [1.165, 1.54) is 0 Å². The molecule has 0 fully saturated rings. The van der Waals surface area contributed by atoms with Gasteiger partial charge in [-0.15, -0.1) is 0 Å². The fourth-order valence-corrected chi connectivity index (χ4v) is 3.42. The standard InChI is InChI=1S/C14H16Br2N2O/c1-2-19-11-7-13(12-5-3-4-6-17-12)18-14(8-11,9-15)10-16/h3-8,18H,2,9-10H2,1H3. The van der Waals surface area contributed by atoms with Gasteiger partial charge >= 0.3 is 0 Å². The Labute approximate surface area is 130 Å². The van der Waals surface area contributed by atoms with Crippen molar-refractivity contribution in [3.63, 3.8) is 0 Å². The maximum Gasteiger partial charge on any atom is 0.119 e. The molecule has 0 unspecified atom stereocenters. The van der Waals surface area contributed by atoms with Gasteiger partial charge in [-0.2, -0.15) is 0 Å². The van der Waals surface area contributed by atoms with E-state index in [0.717, 1.165) is 27.8 Å². The molecule has 1 aliphatic heterocycles. The Morgan fingerprint density at radius 3 is 2.68 bits per heavy atom. The van der Waals surface area contributed by atoms with Gasteiger partial charge in [0.15, 0.2) is 0 Å². The fraction of sp³-hybridized carbons (Fsp3) is 0.357. The SMILES string of the molecule is CCOC1=CC(CBr)(CBr)NC(c2ccccn2)=C1. The third kappa shape index (κ3) is 3.39. The fourth-order valence-electron chi connectivity index (χ4n) is 1.89. The molecule has 2 heterocycles. The van der Waals surface area contributed by atoms with Crippen LogP contribution in [0.25, 0.3) is 5.70 Å². The van der Waals surface area contributed by atoms with Crippen molar-refractivity contribution in [1.82, 2.24) is 10.3 Å². The molecule has 5 heteroatoms. The van der Waals surface area contributed by atoms with Crippen LogP contribution in [0.15, 0.2) is 42.3 Å². The minimum Gasteiger partial charge on any atom is -0.494 e. The number of pyridine rings is 1. The van der Waals surface area contributed by atoms with Crippen molar-refractivity contribution in [3.8, 4) is 0 Å². The van der Waals surface area contributed by atoms with Gasteiger partial charge in [-0.05, 0) is 25.1 Å². The van der Waals surface area contributed by atoms with Crippen LogP contribution >= 0.6 is 31.9 Å². The average Bonchev–Trinajstić information content (AvgIpc) is 2.48. The van der Waals surface area contributed by atoms with Crippen LogP contribution in [-0.2, 0) is 4.74 Å². The van der Waals surface area contributed by atoms with Crippen molar-refractivity contribution in [2.24, 2.45) is 0 Å². The van der Waals surface area contributed by atoms with Crippen LogP contribution < -0.4 is 5.32 Å². The Hall–Kier alpha value is -0.810. The molecule has 1 aromatic rings. The lowest BCUT2D eigenvalue weighted by molar-refractivity contribution is 0.236.